The lowest BCUT2D eigenvalue weighted by molar-refractivity contribution is -0.0461. The number of nitrogens with zero attached hydrogens (tertiary/aromatic N) is 1. The molecule has 2 unspecified atom stereocenters. The number of morpholine rings is 1. The second kappa shape index (κ2) is 5.81. The topological polar surface area (TPSA) is 61.8 Å². The van der Waals surface area contributed by atoms with Gasteiger partial charge in [0.05, 0.1) is 12.7 Å². The van der Waals surface area contributed by atoms with Gasteiger partial charge in [-0.1, -0.05) is 6.07 Å². The van der Waals surface area contributed by atoms with Gasteiger partial charge in [0, 0.05) is 24.7 Å². The highest BCUT2D eigenvalue weighted by Crippen LogP contribution is 2.22. The highest BCUT2D eigenvalue weighted by molar-refractivity contribution is 5.94. The number of carbonyl (C=O) groups excluding carboxylic acids is 1. The van der Waals surface area contributed by atoms with Crippen LogP contribution < -0.4 is 5.32 Å². The van der Waals surface area contributed by atoms with Crippen molar-refractivity contribution in [1.82, 2.24) is 10.2 Å². The van der Waals surface area contributed by atoms with Gasteiger partial charge in [0.15, 0.2) is 0 Å². The molecule has 1 aromatic rings. The fraction of sp³-hybridized carbons (Fsp3) is 0.533. The van der Waals surface area contributed by atoms with Gasteiger partial charge >= 0.3 is 0 Å². The Morgan fingerprint density at radius 3 is 3.25 bits per heavy atom. The zero-order valence-corrected chi connectivity index (χ0v) is 11.4. The summed E-state index contributed by atoms with van der Waals surface area (Å²) < 4.78 is 5.80. The van der Waals surface area contributed by atoms with Crippen molar-refractivity contribution in [2.75, 3.05) is 26.2 Å². The van der Waals surface area contributed by atoms with Crippen LogP contribution in [0.15, 0.2) is 24.3 Å². The van der Waals surface area contributed by atoms with E-state index in [2.05, 4.69) is 10.2 Å². The van der Waals surface area contributed by atoms with E-state index in [9.17, 15) is 9.90 Å². The monoisotopic (exact) mass is 276 g/mol. The second-order valence-electron chi connectivity index (χ2n) is 5.51. The molecule has 1 amide bonds. The number of nitrogens with one attached hydrogen (secondary N) is 1. The number of phenols is 1. The predicted octanol–water partition coefficient (Wildman–Crippen LogP) is 0.985. The number of hydrogen-bond donors (Lipinski definition) is 2. The molecule has 0 aromatic heterocycles. The predicted molar refractivity (Wildman–Crippen MR) is 74.8 cm³/mol. The van der Waals surface area contributed by atoms with Gasteiger partial charge in [0.1, 0.15) is 5.75 Å². The molecule has 0 radical (unpaired) electrons. The maximum absolute atomic E-state index is 12.0. The Morgan fingerprint density at radius 1 is 1.50 bits per heavy atom. The third-order valence-corrected chi connectivity index (χ3v) is 4.06. The van der Waals surface area contributed by atoms with E-state index in [1.54, 1.807) is 18.2 Å². The van der Waals surface area contributed by atoms with Gasteiger partial charge in [-0.25, -0.2) is 0 Å². The van der Waals surface area contributed by atoms with Crippen molar-refractivity contribution in [3.05, 3.63) is 29.8 Å². The molecule has 2 atom stereocenters. The van der Waals surface area contributed by atoms with Crippen molar-refractivity contribution < 1.29 is 14.6 Å². The summed E-state index contributed by atoms with van der Waals surface area (Å²) in [7, 11) is 0. The number of hydrogen-bond acceptors (Lipinski definition) is 4. The van der Waals surface area contributed by atoms with Crippen LogP contribution in [0.1, 0.15) is 23.2 Å². The van der Waals surface area contributed by atoms with Crippen LogP contribution in [-0.2, 0) is 4.74 Å². The number of amides is 1. The molecule has 5 nitrogen and oxygen atoms in total. The number of carbonyl (C=O) groups is 1. The normalized spacial score (nSPS) is 26.2. The summed E-state index contributed by atoms with van der Waals surface area (Å²) in [6, 6.07) is 6.94. The number of phenolic OH excluding ortho intramolecular Hbond substituents is 1. The Hall–Kier alpha value is -1.59. The van der Waals surface area contributed by atoms with Gasteiger partial charge < -0.3 is 15.2 Å². The minimum atomic E-state index is -0.173. The van der Waals surface area contributed by atoms with Gasteiger partial charge in [-0.05, 0) is 37.6 Å². The first-order chi connectivity index (χ1) is 9.72. The Labute approximate surface area is 118 Å². The lowest BCUT2D eigenvalue weighted by Gasteiger charge is -2.35. The van der Waals surface area contributed by atoms with Gasteiger partial charge in [0.25, 0.3) is 5.91 Å². The van der Waals surface area contributed by atoms with Crippen molar-refractivity contribution in [2.45, 2.75) is 25.0 Å². The molecule has 3 rings (SSSR count). The average molecular weight is 276 g/mol. The Balaban J connectivity index is 1.51. The van der Waals surface area contributed by atoms with Gasteiger partial charge in [-0.3, -0.25) is 9.69 Å². The van der Waals surface area contributed by atoms with Crippen LogP contribution in [0.3, 0.4) is 0 Å². The Kier molecular flexibility index (Phi) is 3.89. The SMILES string of the molecule is O=C(NCC1CN2CCCC2CO1)c1cccc(O)c1. The van der Waals surface area contributed by atoms with E-state index in [-0.39, 0.29) is 17.8 Å². The number of fused-ring (bicyclic) bond motifs is 1. The molecule has 2 aliphatic heterocycles. The molecule has 0 aliphatic carbocycles. The molecule has 108 valence electrons. The van der Waals surface area contributed by atoms with Crippen LogP contribution in [0.25, 0.3) is 0 Å². The first-order valence-corrected chi connectivity index (χ1v) is 7.15. The van der Waals surface area contributed by atoms with Gasteiger partial charge in [-0.2, -0.15) is 0 Å². The summed E-state index contributed by atoms with van der Waals surface area (Å²) in [6.07, 6.45) is 2.53. The summed E-state index contributed by atoms with van der Waals surface area (Å²) in [6.45, 7) is 3.32. The second-order valence-corrected chi connectivity index (χ2v) is 5.51. The van der Waals surface area contributed by atoms with E-state index in [4.69, 9.17) is 4.74 Å². The summed E-state index contributed by atoms with van der Waals surface area (Å²) in [4.78, 5) is 14.4. The van der Waals surface area contributed by atoms with Crippen LogP contribution >= 0.6 is 0 Å². The van der Waals surface area contributed by atoms with Crippen molar-refractivity contribution in [1.29, 1.82) is 0 Å². The average Bonchev–Trinajstić information content (AvgIpc) is 2.92. The van der Waals surface area contributed by atoms with E-state index in [0.717, 1.165) is 19.7 Å². The molecule has 1 aromatic carbocycles. The molecule has 0 spiro atoms. The fourth-order valence-corrected chi connectivity index (χ4v) is 2.96. The van der Waals surface area contributed by atoms with E-state index < -0.39 is 0 Å². The molecule has 2 fully saturated rings. The minimum Gasteiger partial charge on any atom is -0.508 e. The Bertz CT molecular complexity index is 492. The first-order valence-electron chi connectivity index (χ1n) is 7.15. The van der Waals surface area contributed by atoms with Gasteiger partial charge in [-0.15, -0.1) is 0 Å². The quantitative estimate of drug-likeness (QED) is 0.864. The van der Waals surface area contributed by atoms with Crippen LogP contribution in [0, 0.1) is 0 Å². The summed E-state index contributed by atoms with van der Waals surface area (Å²) in [5.41, 5.74) is 0.472. The molecule has 2 saturated heterocycles. The molecule has 20 heavy (non-hydrogen) atoms. The number of benzene rings is 1. The maximum Gasteiger partial charge on any atom is 0.251 e. The number of aromatic hydroxyl groups is 1. The Morgan fingerprint density at radius 2 is 2.40 bits per heavy atom. The molecular formula is C15H20N2O3. The van der Waals surface area contributed by atoms with E-state index >= 15 is 0 Å². The van der Waals surface area contributed by atoms with Crippen LogP contribution in [0.4, 0.5) is 0 Å². The third kappa shape index (κ3) is 2.94. The zero-order valence-electron chi connectivity index (χ0n) is 11.4. The molecule has 5 heteroatoms. The van der Waals surface area contributed by atoms with Crippen molar-refractivity contribution in [3.8, 4) is 5.75 Å². The van der Waals surface area contributed by atoms with Crippen LogP contribution in [-0.4, -0.2) is 54.3 Å². The van der Waals surface area contributed by atoms with Crippen molar-refractivity contribution in [2.24, 2.45) is 0 Å². The summed E-state index contributed by atoms with van der Waals surface area (Å²) in [5.74, 6) is -0.0699. The van der Waals surface area contributed by atoms with Crippen LogP contribution in [0.2, 0.25) is 0 Å². The van der Waals surface area contributed by atoms with E-state index in [1.165, 1.54) is 18.9 Å². The highest BCUT2D eigenvalue weighted by Gasteiger charge is 2.32. The lowest BCUT2D eigenvalue weighted by Crippen LogP contribution is -2.50. The number of rotatable bonds is 3. The molecular weight excluding hydrogens is 256 g/mol. The maximum atomic E-state index is 12.0. The summed E-state index contributed by atoms with van der Waals surface area (Å²) in [5, 5.41) is 12.2. The lowest BCUT2D eigenvalue weighted by atomic mass is 10.1. The van der Waals surface area contributed by atoms with Crippen molar-refractivity contribution >= 4 is 5.91 Å². The molecule has 2 heterocycles. The first kappa shape index (κ1) is 13.4. The number of ether oxygens (including phenoxy) is 1. The molecule has 2 aliphatic rings. The fourth-order valence-electron chi connectivity index (χ4n) is 2.96. The largest absolute Gasteiger partial charge is 0.508 e. The van der Waals surface area contributed by atoms with E-state index in [0.29, 0.717) is 18.2 Å². The summed E-state index contributed by atoms with van der Waals surface area (Å²) >= 11 is 0. The smallest absolute Gasteiger partial charge is 0.251 e. The highest BCUT2D eigenvalue weighted by atomic mass is 16.5. The molecule has 2 N–H and O–H groups in total. The minimum absolute atomic E-state index is 0.0607. The van der Waals surface area contributed by atoms with Gasteiger partial charge in [0.2, 0.25) is 0 Å². The van der Waals surface area contributed by atoms with Crippen molar-refractivity contribution in [3.63, 3.8) is 0 Å². The van der Waals surface area contributed by atoms with Crippen LogP contribution in [0.5, 0.6) is 5.75 Å². The molecule has 0 saturated carbocycles. The zero-order chi connectivity index (χ0) is 13.9. The third-order valence-electron chi connectivity index (χ3n) is 4.06. The van der Waals surface area contributed by atoms with E-state index in [1.807, 2.05) is 0 Å². The standard InChI is InChI=1S/C15H20N2O3/c18-13-5-1-3-11(7-13)15(19)16-8-14-9-17-6-2-4-12(17)10-20-14/h1,3,5,7,12,14,18H,2,4,6,8-10H2,(H,16,19). The molecule has 0 bridgehead atoms.